The Hall–Kier alpha value is -0.770. The Morgan fingerprint density at radius 1 is 1.07 bits per heavy atom. The molecule has 0 atom stereocenters. The minimum Gasteiger partial charge on any atom is -0.302 e. The van der Waals surface area contributed by atoms with Crippen LogP contribution in [0.25, 0.3) is 0 Å². The Labute approximate surface area is 90.6 Å². The quantitative estimate of drug-likeness (QED) is 0.592. The van der Waals surface area contributed by atoms with E-state index in [0.29, 0.717) is 0 Å². The standard InChI is InChI=1S/C10H15O4P/c1-7-9(3,4)13-15(11,12)14-10(5,6)8-2/h1-2H,3-6H3,(H,11,12). The number of hydrogen-bond acceptors (Lipinski definition) is 3. The van der Waals surface area contributed by atoms with Gasteiger partial charge in [0.2, 0.25) is 0 Å². The van der Waals surface area contributed by atoms with Gasteiger partial charge in [-0.05, 0) is 27.7 Å². The average Bonchev–Trinajstić information content (AvgIpc) is 2.00. The van der Waals surface area contributed by atoms with Crippen molar-refractivity contribution in [2.24, 2.45) is 0 Å². The van der Waals surface area contributed by atoms with Crippen LogP contribution in [-0.2, 0) is 13.6 Å². The molecule has 0 aromatic heterocycles. The van der Waals surface area contributed by atoms with Crippen LogP contribution in [0.4, 0.5) is 0 Å². The lowest BCUT2D eigenvalue weighted by atomic mass is 10.2. The van der Waals surface area contributed by atoms with Gasteiger partial charge in [-0.3, -0.25) is 9.05 Å². The molecule has 0 bridgehead atoms. The van der Waals surface area contributed by atoms with Crippen molar-refractivity contribution in [3.8, 4) is 24.7 Å². The Bertz CT molecular complexity index is 325. The van der Waals surface area contributed by atoms with E-state index < -0.39 is 19.0 Å². The SMILES string of the molecule is C#CC(C)(C)OP(=O)(O)OC(C)(C)C#C. The summed E-state index contributed by atoms with van der Waals surface area (Å²) in [4.78, 5) is 9.37. The van der Waals surface area contributed by atoms with E-state index in [0.717, 1.165) is 0 Å². The molecule has 15 heavy (non-hydrogen) atoms. The summed E-state index contributed by atoms with van der Waals surface area (Å²) in [6, 6.07) is 0. The topological polar surface area (TPSA) is 55.8 Å². The average molecular weight is 230 g/mol. The first-order valence-corrected chi connectivity index (χ1v) is 5.73. The summed E-state index contributed by atoms with van der Waals surface area (Å²) in [7, 11) is -4.25. The second-order valence-electron chi connectivity index (χ2n) is 3.96. The van der Waals surface area contributed by atoms with Crippen molar-refractivity contribution < 1.29 is 18.5 Å². The number of phosphoric ester groups is 1. The van der Waals surface area contributed by atoms with Crippen molar-refractivity contribution in [1.82, 2.24) is 0 Å². The maximum atomic E-state index is 11.5. The lowest BCUT2D eigenvalue weighted by Crippen LogP contribution is -2.25. The molecule has 0 aromatic rings. The van der Waals surface area contributed by atoms with E-state index in [4.69, 9.17) is 21.9 Å². The van der Waals surface area contributed by atoms with Crippen molar-refractivity contribution >= 4 is 7.82 Å². The predicted molar refractivity (Wildman–Crippen MR) is 57.8 cm³/mol. The number of terminal acetylenes is 2. The molecule has 0 spiro atoms. The van der Waals surface area contributed by atoms with Gasteiger partial charge in [-0.15, -0.1) is 12.8 Å². The van der Waals surface area contributed by atoms with Gasteiger partial charge in [0.25, 0.3) is 0 Å². The van der Waals surface area contributed by atoms with Crippen molar-refractivity contribution in [2.75, 3.05) is 0 Å². The van der Waals surface area contributed by atoms with E-state index in [-0.39, 0.29) is 0 Å². The van der Waals surface area contributed by atoms with Crippen molar-refractivity contribution in [3.63, 3.8) is 0 Å². The molecule has 0 radical (unpaired) electrons. The van der Waals surface area contributed by atoms with Crippen molar-refractivity contribution in [3.05, 3.63) is 0 Å². The second kappa shape index (κ2) is 4.39. The first-order valence-electron chi connectivity index (χ1n) is 4.23. The zero-order valence-corrected chi connectivity index (χ0v) is 10.2. The molecular weight excluding hydrogens is 215 g/mol. The molecule has 0 unspecified atom stereocenters. The van der Waals surface area contributed by atoms with Crippen LogP contribution in [0.1, 0.15) is 27.7 Å². The zero-order chi connectivity index (χ0) is 12.3. The molecule has 0 saturated heterocycles. The van der Waals surface area contributed by atoms with Crippen LogP contribution in [0.3, 0.4) is 0 Å². The van der Waals surface area contributed by atoms with Gasteiger partial charge in [0.1, 0.15) is 11.2 Å². The summed E-state index contributed by atoms with van der Waals surface area (Å²) < 4.78 is 21.0. The third-order valence-electron chi connectivity index (χ3n) is 1.38. The van der Waals surface area contributed by atoms with Gasteiger partial charge in [-0.2, -0.15) is 0 Å². The summed E-state index contributed by atoms with van der Waals surface area (Å²) in [6.45, 7) is 5.90. The molecule has 0 fully saturated rings. The molecule has 0 aliphatic rings. The summed E-state index contributed by atoms with van der Waals surface area (Å²) >= 11 is 0. The summed E-state index contributed by atoms with van der Waals surface area (Å²) in [6.07, 6.45) is 10.2. The van der Waals surface area contributed by atoms with Gasteiger partial charge >= 0.3 is 7.82 Å². The maximum Gasteiger partial charge on any atom is 0.475 e. The van der Waals surface area contributed by atoms with Gasteiger partial charge in [-0.1, -0.05) is 11.8 Å². The van der Waals surface area contributed by atoms with Crippen molar-refractivity contribution in [2.45, 2.75) is 38.9 Å². The third-order valence-corrected chi connectivity index (χ3v) is 2.76. The molecule has 0 heterocycles. The molecule has 0 aliphatic carbocycles. The largest absolute Gasteiger partial charge is 0.475 e. The number of phosphoric acid groups is 1. The molecule has 0 amide bonds. The Kier molecular flexibility index (Phi) is 4.17. The highest BCUT2D eigenvalue weighted by Crippen LogP contribution is 2.50. The molecule has 0 aromatic carbocycles. The third kappa shape index (κ3) is 5.62. The molecule has 0 rings (SSSR count). The fraction of sp³-hybridized carbons (Fsp3) is 0.600. The van der Waals surface area contributed by atoms with Gasteiger partial charge < -0.3 is 4.89 Å². The van der Waals surface area contributed by atoms with Crippen LogP contribution in [0.2, 0.25) is 0 Å². The van der Waals surface area contributed by atoms with Crippen LogP contribution < -0.4 is 0 Å². The monoisotopic (exact) mass is 230 g/mol. The highest BCUT2D eigenvalue weighted by Gasteiger charge is 2.35. The molecule has 0 aliphatic heterocycles. The minimum absolute atomic E-state index is 1.19. The maximum absolute atomic E-state index is 11.5. The first-order chi connectivity index (χ1) is 6.54. The Morgan fingerprint density at radius 3 is 1.53 bits per heavy atom. The van der Waals surface area contributed by atoms with E-state index in [2.05, 4.69) is 11.8 Å². The molecule has 84 valence electrons. The van der Waals surface area contributed by atoms with Crippen LogP contribution in [0.5, 0.6) is 0 Å². The lowest BCUT2D eigenvalue weighted by Gasteiger charge is -2.26. The molecule has 1 N–H and O–H groups in total. The van der Waals surface area contributed by atoms with Crippen LogP contribution in [-0.4, -0.2) is 16.1 Å². The summed E-state index contributed by atoms with van der Waals surface area (Å²) in [5.41, 5.74) is -2.37. The van der Waals surface area contributed by atoms with E-state index in [9.17, 15) is 9.46 Å². The van der Waals surface area contributed by atoms with Gasteiger partial charge in [0.05, 0.1) is 0 Å². The normalized spacial score (nSPS) is 13.0. The minimum atomic E-state index is -4.25. The second-order valence-corrected chi connectivity index (χ2v) is 5.26. The predicted octanol–water partition coefficient (Wildman–Crippen LogP) is 1.94. The Balaban J connectivity index is 4.70. The summed E-state index contributed by atoms with van der Waals surface area (Å²) in [5, 5.41) is 0. The molecular formula is C10H15O4P. The fourth-order valence-electron chi connectivity index (χ4n) is 0.648. The van der Waals surface area contributed by atoms with Gasteiger partial charge in [0, 0.05) is 0 Å². The first kappa shape index (κ1) is 14.2. The fourth-order valence-corrected chi connectivity index (χ4v) is 1.94. The highest BCUT2D eigenvalue weighted by atomic mass is 31.2. The van der Waals surface area contributed by atoms with E-state index in [1.165, 1.54) is 27.7 Å². The highest BCUT2D eigenvalue weighted by molar-refractivity contribution is 7.47. The van der Waals surface area contributed by atoms with Crippen molar-refractivity contribution in [1.29, 1.82) is 0 Å². The van der Waals surface area contributed by atoms with E-state index in [1.54, 1.807) is 0 Å². The van der Waals surface area contributed by atoms with Crippen LogP contribution in [0.15, 0.2) is 0 Å². The van der Waals surface area contributed by atoms with Crippen LogP contribution >= 0.6 is 7.82 Å². The molecule has 4 nitrogen and oxygen atoms in total. The van der Waals surface area contributed by atoms with E-state index in [1.807, 2.05) is 0 Å². The smallest absolute Gasteiger partial charge is 0.302 e. The molecule has 0 saturated carbocycles. The number of rotatable bonds is 4. The zero-order valence-electron chi connectivity index (χ0n) is 9.27. The van der Waals surface area contributed by atoms with Gasteiger partial charge in [0.15, 0.2) is 0 Å². The van der Waals surface area contributed by atoms with Gasteiger partial charge in [-0.25, -0.2) is 4.57 Å². The Morgan fingerprint density at radius 2 is 1.33 bits per heavy atom. The molecule has 5 heteroatoms. The number of hydrogen-bond donors (Lipinski definition) is 1. The van der Waals surface area contributed by atoms with E-state index >= 15 is 0 Å². The van der Waals surface area contributed by atoms with Crippen LogP contribution in [0, 0.1) is 24.7 Å². The lowest BCUT2D eigenvalue weighted by molar-refractivity contribution is 0.0485. The summed E-state index contributed by atoms with van der Waals surface area (Å²) in [5.74, 6) is 4.43.